The maximum Gasteiger partial charge on any atom is 0.250 e. The fourth-order valence-electron chi connectivity index (χ4n) is 3.38. The average Bonchev–Trinajstić information content (AvgIpc) is 2.69. The average molecular weight is 500 g/mol. The van der Waals surface area contributed by atoms with E-state index in [0.717, 1.165) is 12.8 Å². The van der Waals surface area contributed by atoms with Crippen LogP contribution in [0.4, 0.5) is 11.4 Å². The van der Waals surface area contributed by atoms with Gasteiger partial charge in [-0.1, -0.05) is 49.0 Å². The second-order valence-corrected chi connectivity index (χ2v) is 10.4. The van der Waals surface area contributed by atoms with Gasteiger partial charge in [0.15, 0.2) is 9.84 Å². The van der Waals surface area contributed by atoms with Crippen molar-refractivity contribution in [3.63, 3.8) is 0 Å². The molecule has 0 fully saturated rings. The summed E-state index contributed by atoms with van der Waals surface area (Å²) in [5.74, 6) is -1.40. The highest BCUT2D eigenvalue weighted by atomic mass is 35.5. The van der Waals surface area contributed by atoms with Gasteiger partial charge in [-0.05, 0) is 36.2 Å². The Labute approximate surface area is 198 Å². The van der Waals surface area contributed by atoms with E-state index in [1.165, 1.54) is 19.1 Å². The van der Waals surface area contributed by atoms with Crippen LogP contribution >= 0.6 is 23.2 Å². The van der Waals surface area contributed by atoms with Gasteiger partial charge in [0.1, 0.15) is 4.90 Å². The molecule has 0 aliphatic heterocycles. The van der Waals surface area contributed by atoms with Crippen molar-refractivity contribution in [1.29, 1.82) is 0 Å². The topological polar surface area (TPSA) is 110 Å². The van der Waals surface area contributed by atoms with Gasteiger partial charge in [-0.15, -0.1) is 0 Å². The first-order chi connectivity index (χ1) is 15.0. The van der Waals surface area contributed by atoms with Crippen LogP contribution in [0, 0.1) is 0 Å². The number of nitrogens with one attached hydrogen (secondary N) is 1. The summed E-state index contributed by atoms with van der Waals surface area (Å²) in [7, 11) is -2.24. The van der Waals surface area contributed by atoms with Crippen molar-refractivity contribution in [2.45, 2.75) is 44.6 Å². The smallest absolute Gasteiger partial charge is 0.250 e. The van der Waals surface area contributed by atoms with Crippen molar-refractivity contribution >= 4 is 56.2 Å². The third-order valence-corrected chi connectivity index (χ3v) is 7.29. The molecule has 0 radical (unpaired) electrons. The van der Waals surface area contributed by atoms with Crippen molar-refractivity contribution < 1.29 is 18.0 Å². The van der Waals surface area contributed by atoms with Gasteiger partial charge >= 0.3 is 0 Å². The standard InChI is InChI=1S/C22H27Cl2N3O4S/c1-4-5-6-11-32(30,31)21-17(22(25)29)9-10-19(26-14(2)28)20(21)27(3)13-15-7-8-16(23)12-18(15)24/h7-10,12H,4-6,11,13H2,1-3H3,(H2,25,29)(H,26,28). The molecule has 0 saturated heterocycles. The number of carbonyl (C=O) groups is 2. The summed E-state index contributed by atoms with van der Waals surface area (Å²) in [6.07, 6.45) is 2.00. The Morgan fingerprint density at radius 1 is 1.12 bits per heavy atom. The molecule has 2 aromatic carbocycles. The summed E-state index contributed by atoms with van der Waals surface area (Å²) in [5.41, 5.74) is 6.53. The molecule has 0 aromatic heterocycles. The number of rotatable bonds is 10. The minimum absolute atomic E-state index is 0.125. The first kappa shape index (κ1) is 26.0. The number of anilines is 2. The van der Waals surface area contributed by atoms with Gasteiger partial charge in [-0.3, -0.25) is 9.59 Å². The lowest BCUT2D eigenvalue weighted by molar-refractivity contribution is -0.114. The van der Waals surface area contributed by atoms with E-state index in [9.17, 15) is 18.0 Å². The number of sulfone groups is 1. The molecule has 2 amide bonds. The molecular formula is C22H27Cl2N3O4S. The van der Waals surface area contributed by atoms with E-state index in [4.69, 9.17) is 28.9 Å². The van der Waals surface area contributed by atoms with E-state index < -0.39 is 15.7 Å². The molecular weight excluding hydrogens is 473 g/mol. The minimum atomic E-state index is -3.90. The summed E-state index contributed by atoms with van der Waals surface area (Å²) in [6.45, 7) is 3.48. The lowest BCUT2D eigenvalue weighted by Gasteiger charge is -2.27. The Hall–Kier alpha value is -2.29. The molecule has 174 valence electrons. The molecule has 2 aromatic rings. The van der Waals surface area contributed by atoms with Crippen molar-refractivity contribution in [2.75, 3.05) is 23.0 Å². The number of nitrogens with zero attached hydrogens (tertiary/aromatic N) is 1. The van der Waals surface area contributed by atoms with Gasteiger partial charge < -0.3 is 16.0 Å². The van der Waals surface area contributed by atoms with Gasteiger partial charge in [0.05, 0.1) is 22.7 Å². The van der Waals surface area contributed by atoms with Gasteiger partial charge in [-0.25, -0.2) is 8.42 Å². The van der Waals surface area contributed by atoms with E-state index in [2.05, 4.69) is 5.32 Å². The summed E-state index contributed by atoms with van der Waals surface area (Å²) in [4.78, 5) is 25.4. The van der Waals surface area contributed by atoms with Crippen LogP contribution in [0.3, 0.4) is 0 Å². The van der Waals surface area contributed by atoms with Crippen LogP contribution in [-0.4, -0.2) is 33.0 Å². The maximum absolute atomic E-state index is 13.4. The Balaban J connectivity index is 2.70. The summed E-state index contributed by atoms with van der Waals surface area (Å²) >= 11 is 12.3. The number of hydrogen-bond acceptors (Lipinski definition) is 5. The minimum Gasteiger partial charge on any atom is -0.367 e. The number of unbranched alkanes of at least 4 members (excludes halogenated alkanes) is 2. The predicted octanol–water partition coefficient (Wildman–Crippen LogP) is 4.65. The number of halogens is 2. The highest BCUT2D eigenvalue weighted by molar-refractivity contribution is 7.91. The Bertz CT molecular complexity index is 1120. The number of nitrogens with two attached hydrogens (primary N) is 1. The zero-order valence-electron chi connectivity index (χ0n) is 18.2. The molecule has 0 unspecified atom stereocenters. The zero-order valence-corrected chi connectivity index (χ0v) is 20.6. The maximum atomic E-state index is 13.4. The highest BCUT2D eigenvalue weighted by Gasteiger charge is 2.29. The van der Waals surface area contributed by atoms with Crippen LogP contribution in [0.2, 0.25) is 10.0 Å². The molecule has 32 heavy (non-hydrogen) atoms. The van der Waals surface area contributed by atoms with Crippen LogP contribution in [0.5, 0.6) is 0 Å². The quantitative estimate of drug-likeness (QED) is 0.462. The van der Waals surface area contributed by atoms with Crippen molar-refractivity contribution in [2.24, 2.45) is 5.73 Å². The third-order valence-electron chi connectivity index (χ3n) is 4.84. The highest BCUT2D eigenvalue weighted by Crippen LogP contribution is 2.38. The van der Waals surface area contributed by atoms with Crippen LogP contribution in [0.25, 0.3) is 0 Å². The monoisotopic (exact) mass is 499 g/mol. The number of hydrogen-bond donors (Lipinski definition) is 2. The molecule has 2 rings (SSSR count). The Morgan fingerprint density at radius 3 is 2.38 bits per heavy atom. The number of primary amides is 1. The molecule has 0 aliphatic carbocycles. The van der Waals surface area contributed by atoms with Gasteiger partial charge in [0.2, 0.25) is 11.8 Å². The lowest BCUT2D eigenvalue weighted by atomic mass is 10.1. The molecule has 0 saturated carbocycles. The predicted molar refractivity (Wildman–Crippen MR) is 129 cm³/mol. The second-order valence-electron chi connectivity index (χ2n) is 7.50. The molecule has 0 atom stereocenters. The lowest BCUT2D eigenvalue weighted by Crippen LogP contribution is -2.26. The molecule has 0 spiro atoms. The summed E-state index contributed by atoms with van der Waals surface area (Å²) < 4.78 is 26.7. The fourth-order valence-corrected chi connectivity index (χ4v) is 5.70. The van der Waals surface area contributed by atoms with Crippen LogP contribution < -0.4 is 16.0 Å². The second kappa shape index (κ2) is 11.0. The Kier molecular flexibility index (Phi) is 8.95. The fraction of sp³-hybridized carbons (Fsp3) is 0.364. The van der Waals surface area contributed by atoms with E-state index in [1.54, 1.807) is 30.1 Å². The SMILES string of the molecule is CCCCCS(=O)(=O)c1c(C(N)=O)ccc(NC(C)=O)c1N(C)Cc1ccc(Cl)cc1Cl. The van der Waals surface area contributed by atoms with Gasteiger partial charge in [0, 0.05) is 30.6 Å². The van der Waals surface area contributed by atoms with Crippen LogP contribution in [0.15, 0.2) is 35.2 Å². The van der Waals surface area contributed by atoms with Crippen molar-refractivity contribution in [3.8, 4) is 0 Å². The van der Waals surface area contributed by atoms with Gasteiger partial charge in [-0.2, -0.15) is 0 Å². The van der Waals surface area contributed by atoms with Crippen molar-refractivity contribution in [3.05, 3.63) is 51.5 Å². The summed E-state index contributed by atoms with van der Waals surface area (Å²) in [5, 5.41) is 3.53. The first-order valence-corrected chi connectivity index (χ1v) is 12.5. The molecule has 7 nitrogen and oxygen atoms in total. The molecule has 3 N–H and O–H groups in total. The van der Waals surface area contributed by atoms with Crippen LogP contribution in [-0.2, 0) is 21.2 Å². The molecule has 0 aliphatic rings. The number of carbonyl (C=O) groups excluding carboxylic acids is 2. The molecule has 0 bridgehead atoms. The van der Waals surface area contributed by atoms with E-state index in [0.29, 0.717) is 22.0 Å². The van der Waals surface area contributed by atoms with E-state index in [-0.39, 0.29) is 40.0 Å². The third kappa shape index (κ3) is 6.37. The molecule has 10 heteroatoms. The van der Waals surface area contributed by atoms with E-state index in [1.807, 2.05) is 6.92 Å². The van der Waals surface area contributed by atoms with E-state index >= 15 is 0 Å². The van der Waals surface area contributed by atoms with Crippen LogP contribution in [0.1, 0.15) is 49.0 Å². The Morgan fingerprint density at radius 2 is 1.81 bits per heavy atom. The normalized spacial score (nSPS) is 11.3. The van der Waals surface area contributed by atoms with Crippen molar-refractivity contribution in [1.82, 2.24) is 0 Å². The zero-order chi connectivity index (χ0) is 24.1. The largest absolute Gasteiger partial charge is 0.367 e. The first-order valence-electron chi connectivity index (χ1n) is 10.1. The summed E-state index contributed by atoms with van der Waals surface area (Å²) in [6, 6.07) is 7.79. The number of amides is 2. The molecule has 0 heterocycles. The van der Waals surface area contributed by atoms with Gasteiger partial charge in [0.25, 0.3) is 0 Å². The number of benzene rings is 2.